The van der Waals surface area contributed by atoms with Crippen LogP contribution in [0.2, 0.25) is 0 Å². The van der Waals surface area contributed by atoms with E-state index >= 15 is 0 Å². The molecule has 2 aliphatic rings. The first kappa shape index (κ1) is 16.5. The predicted octanol–water partition coefficient (Wildman–Crippen LogP) is 2.04. The van der Waals surface area contributed by atoms with Crippen molar-refractivity contribution in [1.29, 1.82) is 0 Å². The fraction of sp³-hybridized carbons (Fsp3) is 0.625. The summed E-state index contributed by atoms with van der Waals surface area (Å²) in [6, 6.07) is 4.84. The van der Waals surface area contributed by atoms with Gasteiger partial charge in [-0.2, -0.15) is 4.31 Å². The third-order valence-electron chi connectivity index (χ3n) is 4.10. The lowest BCUT2D eigenvalue weighted by atomic mass is 10.1. The molecule has 0 radical (unpaired) electrons. The van der Waals surface area contributed by atoms with E-state index in [-0.39, 0.29) is 11.0 Å². The Balaban J connectivity index is 1.83. The van der Waals surface area contributed by atoms with Gasteiger partial charge in [0.1, 0.15) is 0 Å². The molecule has 0 saturated carbocycles. The first-order chi connectivity index (χ1) is 11.1. The molecule has 0 unspecified atom stereocenters. The van der Waals surface area contributed by atoms with Crippen molar-refractivity contribution in [2.45, 2.75) is 37.2 Å². The van der Waals surface area contributed by atoms with E-state index in [2.05, 4.69) is 0 Å². The van der Waals surface area contributed by atoms with Gasteiger partial charge >= 0.3 is 0 Å². The zero-order valence-electron chi connectivity index (χ0n) is 13.4. The lowest BCUT2D eigenvalue weighted by molar-refractivity contribution is 0.0265. The average molecular weight is 341 g/mol. The average Bonchev–Trinajstić information content (AvgIpc) is 2.80. The van der Waals surface area contributed by atoms with Crippen LogP contribution in [0.4, 0.5) is 0 Å². The molecule has 0 amide bonds. The molecule has 0 spiro atoms. The number of sulfonamides is 1. The minimum absolute atomic E-state index is 0.0241. The minimum atomic E-state index is -3.54. The van der Waals surface area contributed by atoms with Gasteiger partial charge < -0.3 is 14.2 Å². The molecule has 1 aromatic carbocycles. The van der Waals surface area contributed by atoms with Crippen molar-refractivity contribution >= 4 is 10.0 Å². The summed E-state index contributed by atoms with van der Waals surface area (Å²) < 4.78 is 44.0. The second-order valence-electron chi connectivity index (χ2n) is 5.74. The maximum atomic E-state index is 12.9. The van der Waals surface area contributed by atoms with Crippen LogP contribution in [0.1, 0.15) is 26.2 Å². The zero-order chi connectivity index (χ0) is 16.3. The van der Waals surface area contributed by atoms with Crippen LogP contribution in [0.3, 0.4) is 0 Å². The summed E-state index contributed by atoms with van der Waals surface area (Å²) in [6.07, 6.45) is 2.48. The Morgan fingerprint density at radius 3 is 2.78 bits per heavy atom. The van der Waals surface area contributed by atoms with E-state index in [1.165, 1.54) is 4.31 Å². The molecule has 0 N–H and O–H groups in total. The Morgan fingerprint density at radius 1 is 1.22 bits per heavy atom. The summed E-state index contributed by atoms with van der Waals surface area (Å²) in [6.45, 7) is 4.58. The van der Waals surface area contributed by atoms with Crippen molar-refractivity contribution in [1.82, 2.24) is 4.31 Å². The number of piperidine rings is 1. The van der Waals surface area contributed by atoms with Gasteiger partial charge in [-0.15, -0.1) is 0 Å². The van der Waals surface area contributed by atoms with Crippen LogP contribution in [-0.4, -0.2) is 51.7 Å². The van der Waals surface area contributed by atoms with Gasteiger partial charge in [-0.25, -0.2) is 8.42 Å². The SMILES string of the molecule is CCO[C@@H]1CCCN(S(=O)(=O)c2ccc3c(c2)OCCCO3)C1. The quantitative estimate of drug-likeness (QED) is 0.838. The largest absolute Gasteiger partial charge is 0.490 e. The second-order valence-corrected chi connectivity index (χ2v) is 7.68. The summed E-state index contributed by atoms with van der Waals surface area (Å²) in [5.74, 6) is 1.11. The highest BCUT2D eigenvalue weighted by atomic mass is 32.2. The molecule has 0 aromatic heterocycles. The topological polar surface area (TPSA) is 65.1 Å². The van der Waals surface area contributed by atoms with E-state index in [4.69, 9.17) is 14.2 Å². The van der Waals surface area contributed by atoms with Gasteiger partial charge in [0.05, 0.1) is 24.2 Å². The number of rotatable bonds is 4. The highest BCUT2D eigenvalue weighted by molar-refractivity contribution is 7.89. The molecule has 2 heterocycles. The lowest BCUT2D eigenvalue weighted by Gasteiger charge is -2.31. The number of fused-ring (bicyclic) bond motifs is 1. The zero-order valence-corrected chi connectivity index (χ0v) is 14.2. The summed E-state index contributed by atoms with van der Waals surface area (Å²) >= 11 is 0. The van der Waals surface area contributed by atoms with Crippen molar-refractivity contribution in [2.24, 2.45) is 0 Å². The van der Waals surface area contributed by atoms with E-state index in [0.29, 0.717) is 44.4 Å². The Labute approximate surface area is 137 Å². The normalized spacial score (nSPS) is 22.6. The molecule has 128 valence electrons. The van der Waals surface area contributed by atoms with Crippen LogP contribution >= 0.6 is 0 Å². The van der Waals surface area contributed by atoms with Crippen LogP contribution in [0, 0.1) is 0 Å². The predicted molar refractivity (Wildman–Crippen MR) is 85.5 cm³/mol. The van der Waals surface area contributed by atoms with Crippen molar-refractivity contribution in [3.8, 4) is 11.5 Å². The highest BCUT2D eigenvalue weighted by Crippen LogP contribution is 2.33. The van der Waals surface area contributed by atoms with E-state index in [9.17, 15) is 8.42 Å². The summed E-state index contributed by atoms with van der Waals surface area (Å²) in [5, 5.41) is 0. The standard InChI is InChI=1S/C16H23NO5S/c1-2-20-13-5-3-8-17(12-13)23(18,19)14-6-7-15-16(11-14)22-10-4-9-21-15/h6-7,11,13H,2-5,8-10,12H2,1H3/t13-/m1/s1. The Bertz CT molecular complexity index is 644. The fourth-order valence-electron chi connectivity index (χ4n) is 2.95. The Hall–Kier alpha value is -1.31. The van der Waals surface area contributed by atoms with Crippen LogP contribution < -0.4 is 9.47 Å². The molecule has 7 heteroatoms. The van der Waals surface area contributed by atoms with Gasteiger partial charge in [0, 0.05) is 32.2 Å². The molecule has 0 aliphatic carbocycles. The van der Waals surface area contributed by atoms with E-state index in [0.717, 1.165) is 19.3 Å². The maximum Gasteiger partial charge on any atom is 0.243 e. The monoisotopic (exact) mass is 341 g/mol. The Morgan fingerprint density at radius 2 is 2.00 bits per heavy atom. The summed E-state index contributed by atoms with van der Waals surface area (Å²) in [4.78, 5) is 0.249. The molecule has 1 atom stereocenters. The molecular formula is C16H23NO5S. The number of ether oxygens (including phenoxy) is 3. The lowest BCUT2D eigenvalue weighted by Crippen LogP contribution is -2.43. The van der Waals surface area contributed by atoms with Crippen molar-refractivity contribution in [2.75, 3.05) is 32.9 Å². The van der Waals surface area contributed by atoms with Crippen LogP contribution in [0.15, 0.2) is 23.1 Å². The van der Waals surface area contributed by atoms with Crippen molar-refractivity contribution < 1.29 is 22.6 Å². The van der Waals surface area contributed by atoms with Gasteiger partial charge in [-0.3, -0.25) is 0 Å². The molecule has 0 bridgehead atoms. The molecule has 23 heavy (non-hydrogen) atoms. The van der Waals surface area contributed by atoms with E-state index in [1.54, 1.807) is 18.2 Å². The van der Waals surface area contributed by atoms with Gasteiger partial charge in [0.25, 0.3) is 0 Å². The molecule has 1 fully saturated rings. The summed E-state index contributed by atoms with van der Waals surface area (Å²) in [5.41, 5.74) is 0. The van der Waals surface area contributed by atoms with Crippen LogP contribution in [0.5, 0.6) is 11.5 Å². The van der Waals surface area contributed by atoms with Gasteiger partial charge in [0.15, 0.2) is 11.5 Å². The molecular weight excluding hydrogens is 318 g/mol. The fourth-order valence-corrected chi connectivity index (χ4v) is 4.47. The van der Waals surface area contributed by atoms with Gasteiger partial charge in [0.2, 0.25) is 10.0 Å². The third kappa shape index (κ3) is 3.62. The van der Waals surface area contributed by atoms with Gasteiger partial charge in [-0.05, 0) is 31.9 Å². The number of hydrogen-bond acceptors (Lipinski definition) is 5. The number of benzene rings is 1. The second kappa shape index (κ2) is 7.07. The molecule has 3 rings (SSSR count). The molecule has 1 saturated heterocycles. The van der Waals surface area contributed by atoms with Gasteiger partial charge in [-0.1, -0.05) is 0 Å². The van der Waals surface area contributed by atoms with E-state index < -0.39 is 10.0 Å². The first-order valence-corrected chi connectivity index (χ1v) is 9.56. The van der Waals surface area contributed by atoms with Crippen LogP contribution in [-0.2, 0) is 14.8 Å². The molecule has 2 aliphatic heterocycles. The molecule has 6 nitrogen and oxygen atoms in total. The van der Waals surface area contributed by atoms with E-state index in [1.807, 2.05) is 6.92 Å². The third-order valence-corrected chi connectivity index (χ3v) is 5.96. The first-order valence-electron chi connectivity index (χ1n) is 8.12. The smallest absolute Gasteiger partial charge is 0.243 e. The number of nitrogens with zero attached hydrogens (tertiary/aromatic N) is 1. The Kier molecular flexibility index (Phi) is 5.08. The highest BCUT2D eigenvalue weighted by Gasteiger charge is 2.31. The summed E-state index contributed by atoms with van der Waals surface area (Å²) in [7, 11) is -3.54. The van der Waals surface area contributed by atoms with Crippen LogP contribution in [0.25, 0.3) is 0 Å². The van der Waals surface area contributed by atoms with Crippen molar-refractivity contribution in [3.63, 3.8) is 0 Å². The van der Waals surface area contributed by atoms with Crippen molar-refractivity contribution in [3.05, 3.63) is 18.2 Å². The molecule has 1 aromatic rings. The minimum Gasteiger partial charge on any atom is -0.490 e. The number of hydrogen-bond donors (Lipinski definition) is 0. The maximum absolute atomic E-state index is 12.9.